The summed E-state index contributed by atoms with van der Waals surface area (Å²) in [6, 6.07) is 12.3. The average molecular weight is 494 g/mol. The van der Waals surface area contributed by atoms with Crippen molar-refractivity contribution in [2.75, 3.05) is 13.2 Å². The van der Waals surface area contributed by atoms with Gasteiger partial charge in [0.05, 0.1) is 24.3 Å². The molecule has 1 heterocycles. The van der Waals surface area contributed by atoms with Crippen molar-refractivity contribution in [1.29, 1.82) is 0 Å². The minimum Gasteiger partial charge on any atom is -0.486 e. The van der Waals surface area contributed by atoms with Gasteiger partial charge in [0.1, 0.15) is 12.4 Å². The number of unbranched alkanes of at least 4 members (excludes halogenated alkanes) is 5. The van der Waals surface area contributed by atoms with Crippen molar-refractivity contribution >= 4 is 28.6 Å². The lowest BCUT2D eigenvalue weighted by atomic mass is 10.0. The lowest BCUT2D eigenvalue weighted by molar-refractivity contribution is -0.121. The van der Waals surface area contributed by atoms with E-state index in [1.807, 2.05) is 24.3 Å². The quantitative estimate of drug-likeness (QED) is 0.204. The van der Waals surface area contributed by atoms with Gasteiger partial charge in [0.25, 0.3) is 0 Å². The van der Waals surface area contributed by atoms with Crippen LogP contribution in [-0.4, -0.2) is 40.6 Å². The minimum absolute atomic E-state index is 0.0154. The first-order valence-corrected chi connectivity index (χ1v) is 12.7. The highest BCUT2D eigenvalue weighted by atomic mass is 16.5. The second-order valence-corrected chi connectivity index (χ2v) is 8.92. The number of aromatic nitrogens is 1. The topological polar surface area (TPSA) is 94.8 Å². The van der Waals surface area contributed by atoms with Crippen LogP contribution in [0.5, 0.6) is 5.75 Å². The Kier molecular flexibility index (Phi) is 10.1. The van der Waals surface area contributed by atoms with Crippen molar-refractivity contribution in [3.8, 4) is 5.75 Å². The van der Waals surface area contributed by atoms with Gasteiger partial charge in [-0.05, 0) is 55.7 Å². The molecule has 0 radical (unpaired) electrons. The molecule has 36 heavy (non-hydrogen) atoms. The smallest absolute Gasteiger partial charge is 0.340 e. The zero-order chi connectivity index (χ0) is 25.9. The van der Waals surface area contributed by atoms with Gasteiger partial charge in [-0.25, -0.2) is 9.59 Å². The number of carbonyl (C=O) groups is 3. The molecule has 0 aliphatic heterocycles. The number of Topliss-reactive ketones (excluding diaryl/α,β-unsaturated/α-hetero) is 1. The van der Waals surface area contributed by atoms with Crippen LogP contribution in [0.3, 0.4) is 0 Å². The van der Waals surface area contributed by atoms with E-state index in [-0.39, 0.29) is 36.7 Å². The molecule has 0 atom stereocenters. The van der Waals surface area contributed by atoms with Crippen LogP contribution < -0.4 is 4.74 Å². The van der Waals surface area contributed by atoms with Gasteiger partial charge in [-0.2, -0.15) is 0 Å². The Bertz CT molecular complexity index is 1180. The number of ketones is 1. The van der Waals surface area contributed by atoms with E-state index in [2.05, 4.69) is 6.92 Å². The maximum atomic E-state index is 12.7. The molecule has 0 fully saturated rings. The Morgan fingerprint density at radius 2 is 1.64 bits per heavy atom. The van der Waals surface area contributed by atoms with Gasteiger partial charge >= 0.3 is 11.9 Å². The van der Waals surface area contributed by atoms with E-state index >= 15 is 0 Å². The van der Waals surface area contributed by atoms with Crippen molar-refractivity contribution in [1.82, 2.24) is 4.57 Å². The molecule has 0 saturated heterocycles. The lowest BCUT2D eigenvalue weighted by Gasteiger charge is -2.08. The third-order valence-corrected chi connectivity index (χ3v) is 6.11. The molecule has 0 bridgehead atoms. The molecule has 0 unspecified atom stereocenters. The standard InChI is InChI=1S/C29H35NO6/c1-3-5-6-7-8-9-10-21-11-14-24(15-12-21)36-20-23(31)18-30-19-26(29(34)35-4-2)25-17-22(28(32)33)13-16-27(25)30/h11-17,19H,3-10,18,20H2,1-2H3,(H,32,33). The number of esters is 1. The van der Waals surface area contributed by atoms with Crippen LogP contribution in [0.15, 0.2) is 48.7 Å². The summed E-state index contributed by atoms with van der Waals surface area (Å²) in [7, 11) is 0. The van der Waals surface area contributed by atoms with Crippen LogP contribution in [0.1, 0.15) is 78.7 Å². The number of nitrogens with zero attached hydrogens (tertiary/aromatic N) is 1. The number of hydrogen-bond acceptors (Lipinski definition) is 5. The number of ether oxygens (including phenoxy) is 2. The van der Waals surface area contributed by atoms with Crippen molar-refractivity contribution < 1.29 is 29.0 Å². The first-order chi connectivity index (χ1) is 17.4. The summed E-state index contributed by atoms with van der Waals surface area (Å²) in [5.74, 6) is -1.21. The van der Waals surface area contributed by atoms with Crippen molar-refractivity contribution in [3.05, 3.63) is 65.4 Å². The molecular formula is C29H35NO6. The third-order valence-electron chi connectivity index (χ3n) is 6.11. The van der Waals surface area contributed by atoms with Crippen molar-refractivity contribution in [2.24, 2.45) is 0 Å². The fourth-order valence-electron chi connectivity index (χ4n) is 4.19. The number of fused-ring (bicyclic) bond motifs is 1. The summed E-state index contributed by atoms with van der Waals surface area (Å²) in [6.45, 7) is 3.98. The number of carboxylic acid groups (broad SMARTS) is 1. The van der Waals surface area contributed by atoms with Crippen LogP contribution in [0.2, 0.25) is 0 Å². The SMILES string of the molecule is CCCCCCCCc1ccc(OCC(=O)Cn2cc(C(=O)OCC)c3cc(C(=O)O)ccc32)cc1. The minimum atomic E-state index is -1.10. The molecule has 7 nitrogen and oxygen atoms in total. The molecule has 3 rings (SSSR count). The second-order valence-electron chi connectivity index (χ2n) is 8.92. The maximum Gasteiger partial charge on any atom is 0.340 e. The lowest BCUT2D eigenvalue weighted by Crippen LogP contribution is -2.17. The van der Waals surface area contributed by atoms with E-state index in [0.717, 1.165) is 6.42 Å². The molecule has 2 aromatic carbocycles. The second kappa shape index (κ2) is 13.5. The zero-order valence-electron chi connectivity index (χ0n) is 21.1. The van der Waals surface area contributed by atoms with Crippen LogP contribution >= 0.6 is 0 Å². The largest absolute Gasteiger partial charge is 0.486 e. The van der Waals surface area contributed by atoms with Crippen LogP contribution in [0, 0.1) is 0 Å². The highest BCUT2D eigenvalue weighted by Crippen LogP contribution is 2.24. The molecule has 7 heteroatoms. The van der Waals surface area contributed by atoms with Gasteiger partial charge in [-0.3, -0.25) is 4.79 Å². The first kappa shape index (κ1) is 27.0. The normalized spacial score (nSPS) is 10.9. The summed E-state index contributed by atoms with van der Waals surface area (Å²) < 4.78 is 12.4. The highest BCUT2D eigenvalue weighted by Gasteiger charge is 2.19. The first-order valence-electron chi connectivity index (χ1n) is 12.7. The van der Waals surface area contributed by atoms with Crippen LogP contribution in [0.4, 0.5) is 0 Å². The van der Waals surface area contributed by atoms with Gasteiger partial charge in [0.15, 0.2) is 5.78 Å². The molecule has 0 amide bonds. The van der Waals surface area contributed by atoms with E-state index in [0.29, 0.717) is 16.7 Å². The van der Waals surface area contributed by atoms with Crippen molar-refractivity contribution in [2.45, 2.75) is 65.3 Å². The third kappa shape index (κ3) is 7.44. The predicted octanol–water partition coefficient (Wildman–Crippen LogP) is 6.07. The van der Waals surface area contributed by atoms with Crippen LogP contribution in [0.25, 0.3) is 10.9 Å². The molecule has 0 aliphatic rings. The summed E-state index contributed by atoms with van der Waals surface area (Å²) in [5.41, 5.74) is 2.12. The number of carboxylic acids is 1. The summed E-state index contributed by atoms with van der Waals surface area (Å²) in [5, 5.41) is 9.75. The Hall–Kier alpha value is -3.61. The van der Waals surface area contributed by atoms with E-state index in [1.165, 1.54) is 62.4 Å². The number of aromatic carboxylic acids is 1. The molecule has 3 aromatic rings. The van der Waals surface area contributed by atoms with Gasteiger partial charge < -0.3 is 19.1 Å². The van der Waals surface area contributed by atoms with E-state index in [4.69, 9.17) is 9.47 Å². The summed E-state index contributed by atoms with van der Waals surface area (Å²) >= 11 is 0. The number of carbonyl (C=O) groups excluding carboxylic acids is 2. The average Bonchev–Trinajstić information content (AvgIpc) is 3.23. The zero-order valence-corrected chi connectivity index (χ0v) is 21.1. The number of benzene rings is 2. The van der Waals surface area contributed by atoms with Crippen molar-refractivity contribution in [3.63, 3.8) is 0 Å². The Labute approximate surface area is 212 Å². The van der Waals surface area contributed by atoms with Crippen LogP contribution in [-0.2, 0) is 22.5 Å². The van der Waals surface area contributed by atoms with Gasteiger partial charge in [0.2, 0.25) is 0 Å². The monoisotopic (exact) mass is 493 g/mol. The molecule has 192 valence electrons. The molecule has 1 aromatic heterocycles. The maximum absolute atomic E-state index is 12.7. The Morgan fingerprint density at radius 1 is 0.917 bits per heavy atom. The summed E-state index contributed by atoms with van der Waals surface area (Å²) in [6.07, 6.45) is 10.2. The highest BCUT2D eigenvalue weighted by molar-refractivity contribution is 6.06. The summed E-state index contributed by atoms with van der Waals surface area (Å²) in [4.78, 5) is 36.5. The Morgan fingerprint density at radius 3 is 2.33 bits per heavy atom. The fraction of sp³-hybridized carbons (Fsp3) is 0.414. The molecule has 1 N–H and O–H groups in total. The Balaban J connectivity index is 1.58. The molecule has 0 saturated carbocycles. The molecule has 0 spiro atoms. The van der Waals surface area contributed by atoms with Gasteiger partial charge in [-0.1, -0.05) is 51.2 Å². The van der Waals surface area contributed by atoms with E-state index < -0.39 is 11.9 Å². The fourth-order valence-corrected chi connectivity index (χ4v) is 4.19. The number of aryl methyl sites for hydroxylation is 1. The van der Waals surface area contributed by atoms with E-state index in [9.17, 15) is 19.5 Å². The number of rotatable bonds is 15. The van der Waals surface area contributed by atoms with E-state index in [1.54, 1.807) is 17.6 Å². The van der Waals surface area contributed by atoms with Gasteiger partial charge in [0, 0.05) is 17.1 Å². The van der Waals surface area contributed by atoms with Gasteiger partial charge in [-0.15, -0.1) is 0 Å². The predicted molar refractivity (Wildman–Crippen MR) is 139 cm³/mol. The molecular weight excluding hydrogens is 458 g/mol. The molecule has 0 aliphatic carbocycles. The number of hydrogen-bond donors (Lipinski definition) is 1.